The molecule has 1 aromatic heterocycles. The Morgan fingerprint density at radius 3 is 2.48 bits per heavy atom. The van der Waals surface area contributed by atoms with Gasteiger partial charge in [0, 0.05) is 6.54 Å². The van der Waals surface area contributed by atoms with Crippen molar-refractivity contribution in [2.45, 2.75) is 12.6 Å². The minimum atomic E-state index is -0.235. The Labute approximate surface area is 136 Å². The highest BCUT2D eigenvalue weighted by atomic mass is 16.5. The SMILES string of the molecule is C=CCO[C@H](c1ccccc1)c1nc2ccccc2n1CC=C. The lowest BCUT2D eigenvalue weighted by Crippen LogP contribution is -2.13. The largest absolute Gasteiger partial charge is 0.361 e. The van der Waals surface area contributed by atoms with Crippen molar-refractivity contribution < 1.29 is 4.74 Å². The van der Waals surface area contributed by atoms with Gasteiger partial charge in [-0.1, -0.05) is 54.6 Å². The van der Waals surface area contributed by atoms with Gasteiger partial charge < -0.3 is 9.30 Å². The second-order valence-electron chi connectivity index (χ2n) is 5.27. The zero-order valence-corrected chi connectivity index (χ0v) is 13.1. The summed E-state index contributed by atoms with van der Waals surface area (Å²) in [7, 11) is 0. The number of imidazole rings is 1. The summed E-state index contributed by atoms with van der Waals surface area (Å²) >= 11 is 0. The van der Waals surface area contributed by atoms with Gasteiger partial charge in [-0.05, 0) is 17.7 Å². The molecular weight excluding hydrogens is 284 g/mol. The molecule has 1 atom stereocenters. The summed E-state index contributed by atoms with van der Waals surface area (Å²) in [5, 5.41) is 0. The first-order valence-corrected chi connectivity index (χ1v) is 7.68. The Hall–Kier alpha value is -2.65. The second kappa shape index (κ2) is 7.07. The molecule has 2 aromatic carbocycles. The highest BCUT2D eigenvalue weighted by Crippen LogP contribution is 2.28. The van der Waals surface area contributed by atoms with Crippen molar-refractivity contribution >= 4 is 11.0 Å². The topological polar surface area (TPSA) is 27.1 Å². The van der Waals surface area contributed by atoms with E-state index < -0.39 is 0 Å². The quantitative estimate of drug-likeness (QED) is 0.600. The van der Waals surface area contributed by atoms with Crippen molar-refractivity contribution in [3.8, 4) is 0 Å². The number of rotatable bonds is 7. The number of para-hydroxylation sites is 2. The molecule has 3 rings (SSSR count). The van der Waals surface area contributed by atoms with Crippen LogP contribution in [0.2, 0.25) is 0 Å². The maximum absolute atomic E-state index is 6.04. The van der Waals surface area contributed by atoms with Gasteiger partial charge in [-0.15, -0.1) is 13.2 Å². The number of ether oxygens (including phenoxy) is 1. The monoisotopic (exact) mass is 304 g/mol. The molecule has 23 heavy (non-hydrogen) atoms. The third kappa shape index (κ3) is 3.10. The van der Waals surface area contributed by atoms with Crippen LogP contribution in [0.15, 0.2) is 79.9 Å². The fourth-order valence-electron chi connectivity index (χ4n) is 2.73. The van der Waals surface area contributed by atoms with Crippen LogP contribution in [-0.2, 0) is 11.3 Å². The molecular formula is C20H20N2O. The fraction of sp³-hybridized carbons (Fsp3) is 0.150. The molecule has 0 fully saturated rings. The predicted octanol–water partition coefficient (Wildman–Crippen LogP) is 4.51. The highest BCUT2D eigenvalue weighted by Gasteiger charge is 2.21. The zero-order chi connectivity index (χ0) is 16.1. The van der Waals surface area contributed by atoms with E-state index in [0.29, 0.717) is 13.2 Å². The van der Waals surface area contributed by atoms with Gasteiger partial charge in [-0.2, -0.15) is 0 Å². The van der Waals surface area contributed by atoms with E-state index in [1.807, 2.05) is 42.5 Å². The molecule has 1 heterocycles. The van der Waals surface area contributed by atoms with Crippen LogP contribution < -0.4 is 0 Å². The van der Waals surface area contributed by atoms with Gasteiger partial charge in [0.05, 0.1) is 17.6 Å². The number of fused-ring (bicyclic) bond motifs is 1. The van der Waals surface area contributed by atoms with Crippen LogP contribution in [0.3, 0.4) is 0 Å². The maximum Gasteiger partial charge on any atom is 0.144 e. The summed E-state index contributed by atoms with van der Waals surface area (Å²) < 4.78 is 8.20. The first-order valence-electron chi connectivity index (χ1n) is 7.68. The van der Waals surface area contributed by atoms with E-state index in [4.69, 9.17) is 9.72 Å². The molecule has 0 unspecified atom stereocenters. The predicted molar refractivity (Wildman–Crippen MR) is 94.4 cm³/mol. The van der Waals surface area contributed by atoms with Crippen molar-refractivity contribution in [1.82, 2.24) is 9.55 Å². The molecule has 0 aliphatic carbocycles. The van der Waals surface area contributed by atoms with Crippen molar-refractivity contribution in [2.24, 2.45) is 0 Å². The molecule has 3 aromatic rings. The van der Waals surface area contributed by atoms with Crippen molar-refractivity contribution in [1.29, 1.82) is 0 Å². The highest BCUT2D eigenvalue weighted by molar-refractivity contribution is 5.76. The summed E-state index contributed by atoms with van der Waals surface area (Å²) in [5.74, 6) is 0.888. The number of allylic oxidation sites excluding steroid dienone is 1. The molecule has 3 nitrogen and oxygen atoms in total. The minimum Gasteiger partial charge on any atom is -0.361 e. The lowest BCUT2D eigenvalue weighted by molar-refractivity contribution is 0.0957. The minimum absolute atomic E-state index is 0.235. The van der Waals surface area contributed by atoms with Gasteiger partial charge in [-0.3, -0.25) is 0 Å². The summed E-state index contributed by atoms with van der Waals surface area (Å²) in [6.07, 6.45) is 3.41. The van der Waals surface area contributed by atoms with Crippen LogP contribution in [0.5, 0.6) is 0 Å². The van der Waals surface area contributed by atoms with Gasteiger partial charge in [-0.25, -0.2) is 4.98 Å². The van der Waals surface area contributed by atoms with Crippen molar-refractivity contribution in [3.05, 3.63) is 91.3 Å². The Balaban J connectivity index is 2.14. The van der Waals surface area contributed by atoms with Crippen LogP contribution in [0.4, 0.5) is 0 Å². The normalized spacial score (nSPS) is 12.2. The van der Waals surface area contributed by atoms with Crippen molar-refractivity contribution in [3.63, 3.8) is 0 Å². The van der Waals surface area contributed by atoms with Crippen LogP contribution in [0.1, 0.15) is 17.5 Å². The van der Waals surface area contributed by atoms with Crippen molar-refractivity contribution in [2.75, 3.05) is 6.61 Å². The smallest absolute Gasteiger partial charge is 0.144 e. The summed E-state index contributed by atoms with van der Waals surface area (Å²) in [5.41, 5.74) is 3.13. The molecule has 0 spiro atoms. The van der Waals surface area contributed by atoms with Gasteiger partial charge in [0.1, 0.15) is 11.9 Å². The maximum atomic E-state index is 6.04. The average molecular weight is 304 g/mol. The molecule has 0 saturated carbocycles. The number of hydrogen-bond donors (Lipinski definition) is 0. The molecule has 0 saturated heterocycles. The first kappa shape index (κ1) is 15.3. The number of benzene rings is 2. The summed E-state index contributed by atoms with van der Waals surface area (Å²) in [6, 6.07) is 18.3. The van der Waals surface area contributed by atoms with E-state index in [9.17, 15) is 0 Å². The lowest BCUT2D eigenvalue weighted by atomic mass is 10.1. The number of nitrogens with zero attached hydrogens (tertiary/aromatic N) is 2. The molecule has 0 bridgehead atoms. The molecule has 0 N–H and O–H groups in total. The Morgan fingerprint density at radius 1 is 1.00 bits per heavy atom. The lowest BCUT2D eigenvalue weighted by Gasteiger charge is -2.18. The van der Waals surface area contributed by atoms with E-state index in [1.165, 1.54) is 0 Å². The van der Waals surface area contributed by atoms with E-state index in [2.05, 4.69) is 35.9 Å². The Morgan fingerprint density at radius 2 is 1.74 bits per heavy atom. The fourth-order valence-corrected chi connectivity index (χ4v) is 2.73. The average Bonchev–Trinajstić information content (AvgIpc) is 2.95. The zero-order valence-electron chi connectivity index (χ0n) is 13.1. The van der Waals surface area contributed by atoms with Crippen LogP contribution in [-0.4, -0.2) is 16.2 Å². The summed E-state index contributed by atoms with van der Waals surface area (Å²) in [6.45, 7) is 8.79. The molecule has 3 heteroatoms. The number of aromatic nitrogens is 2. The van der Waals surface area contributed by atoms with Crippen LogP contribution in [0, 0.1) is 0 Å². The van der Waals surface area contributed by atoms with Gasteiger partial charge >= 0.3 is 0 Å². The molecule has 0 aliphatic rings. The third-order valence-electron chi connectivity index (χ3n) is 3.71. The van der Waals surface area contributed by atoms with Gasteiger partial charge in [0.2, 0.25) is 0 Å². The van der Waals surface area contributed by atoms with Crippen LogP contribution >= 0.6 is 0 Å². The van der Waals surface area contributed by atoms with E-state index in [0.717, 1.165) is 22.4 Å². The van der Waals surface area contributed by atoms with Crippen LogP contribution in [0.25, 0.3) is 11.0 Å². The molecule has 0 amide bonds. The van der Waals surface area contributed by atoms with E-state index >= 15 is 0 Å². The molecule has 0 radical (unpaired) electrons. The van der Waals surface area contributed by atoms with Gasteiger partial charge in [0.15, 0.2) is 0 Å². The van der Waals surface area contributed by atoms with E-state index in [-0.39, 0.29) is 6.10 Å². The van der Waals surface area contributed by atoms with E-state index in [1.54, 1.807) is 6.08 Å². The third-order valence-corrected chi connectivity index (χ3v) is 3.71. The second-order valence-corrected chi connectivity index (χ2v) is 5.27. The Bertz CT molecular complexity index is 805. The molecule has 116 valence electrons. The van der Waals surface area contributed by atoms with Gasteiger partial charge in [0.25, 0.3) is 0 Å². The Kier molecular flexibility index (Phi) is 4.69. The number of hydrogen-bond acceptors (Lipinski definition) is 2. The summed E-state index contributed by atoms with van der Waals surface area (Å²) in [4.78, 5) is 4.82. The standard InChI is InChI=1S/C20H20N2O/c1-3-14-22-18-13-9-8-12-17(18)21-20(22)19(23-15-4-2)16-10-6-5-7-11-16/h3-13,19H,1-2,14-15H2/t19-/m1/s1. The first-order chi connectivity index (χ1) is 11.3. The molecule has 0 aliphatic heterocycles.